The Morgan fingerprint density at radius 1 is 1.39 bits per heavy atom. The molecule has 1 atom stereocenters. The van der Waals surface area contributed by atoms with Crippen molar-refractivity contribution >= 4 is 0 Å². The Bertz CT molecular complexity index is 554. The quantitative estimate of drug-likeness (QED) is 0.824. The molecule has 0 saturated heterocycles. The number of nitriles is 1. The van der Waals surface area contributed by atoms with Crippen LogP contribution < -0.4 is 4.74 Å². The van der Waals surface area contributed by atoms with Crippen molar-refractivity contribution in [1.29, 1.82) is 5.26 Å². The van der Waals surface area contributed by atoms with Crippen molar-refractivity contribution in [3.8, 4) is 23.2 Å². The lowest BCUT2D eigenvalue weighted by molar-refractivity contribution is 0.369. The van der Waals surface area contributed by atoms with E-state index in [1.807, 2.05) is 31.2 Å². The van der Waals surface area contributed by atoms with Gasteiger partial charge in [-0.2, -0.15) is 10.2 Å². The molecule has 0 N–H and O–H groups in total. The first-order valence-electron chi connectivity index (χ1n) is 5.59. The maximum absolute atomic E-state index is 8.72. The van der Waals surface area contributed by atoms with Crippen LogP contribution in [0.4, 0.5) is 0 Å². The lowest BCUT2D eigenvalue weighted by atomic mass is 10.1. The summed E-state index contributed by atoms with van der Waals surface area (Å²) < 4.78 is 10.2. The van der Waals surface area contributed by atoms with Crippen LogP contribution >= 0.6 is 0 Å². The minimum absolute atomic E-state index is 0.130. The second kappa shape index (κ2) is 5.32. The van der Waals surface area contributed by atoms with Crippen LogP contribution in [0, 0.1) is 17.2 Å². The van der Waals surface area contributed by atoms with Crippen LogP contribution in [0.1, 0.15) is 12.8 Å². The Labute approximate surface area is 105 Å². The Morgan fingerprint density at radius 3 is 2.72 bits per heavy atom. The predicted molar refractivity (Wildman–Crippen MR) is 64.8 cm³/mol. The van der Waals surface area contributed by atoms with Gasteiger partial charge >= 0.3 is 0 Å². The smallest absolute Gasteiger partial charge is 0.228 e. The minimum Gasteiger partial charge on any atom is -0.497 e. The summed E-state index contributed by atoms with van der Waals surface area (Å²) in [4.78, 5) is 4.25. The molecule has 92 valence electrons. The lowest BCUT2D eigenvalue weighted by Crippen LogP contribution is -1.96. The monoisotopic (exact) mass is 243 g/mol. The zero-order valence-electron chi connectivity index (χ0n) is 10.3. The van der Waals surface area contributed by atoms with Gasteiger partial charge in [-0.05, 0) is 31.2 Å². The molecule has 2 aromatic rings. The van der Waals surface area contributed by atoms with Gasteiger partial charge in [-0.3, -0.25) is 0 Å². The van der Waals surface area contributed by atoms with E-state index >= 15 is 0 Å². The zero-order valence-corrected chi connectivity index (χ0v) is 10.3. The number of hydrogen-bond donors (Lipinski definition) is 0. The lowest BCUT2D eigenvalue weighted by Gasteiger charge is -1.99. The number of benzene rings is 1. The van der Waals surface area contributed by atoms with E-state index in [9.17, 15) is 0 Å². The highest BCUT2D eigenvalue weighted by Crippen LogP contribution is 2.20. The van der Waals surface area contributed by atoms with Crippen LogP contribution in [-0.4, -0.2) is 17.3 Å². The van der Waals surface area contributed by atoms with Gasteiger partial charge in [-0.1, -0.05) is 5.16 Å². The summed E-state index contributed by atoms with van der Waals surface area (Å²) >= 11 is 0. The fourth-order valence-corrected chi connectivity index (χ4v) is 1.50. The summed E-state index contributed by atoms with van der Waals surface area (Å²) in [6.45, 7) is 1.82. The Hall–Kier alpha value is -2.35. The highest BCUT2D eigenvalue weighted by molar-refractivity contribution is 5.55. The van der Waals surface area contributed by atoms with Crippen molar-refractivity contribution in [3.63, 3.8) is 0 Å². The molecule has 0 radical (unpaired) electrons. The van der Waals surface area contributed by atoms with Crippen LogP contribution in [-0.2, 0) is 6.42 Å². The third kappa shape index (κ3) is 2.66. The average Bonchev–Trinajstić information content (AvgIpc) is 2.87. The number of hydrogen-bond acceptors (Lipinski definition) is 5. The molecule has 0 fully saturated rings. The molecule has 1 aromatic carbocycles. The van der Waals surface area contributed by atoms with Crippen LogP contribution in [0.25, 0.3) is 11.4 Å². The van der Waals surface area contributed by atoms with Gasteiger partial charge in [0, 0.05) is 12.0 Å². The van der Waals surface area contributed by atoms with Gasteiger partial charge in [-0.25, -0.2) is 0 Å². The summed E-state index contributed by atoms with van der Waals surface area (Å²) in [5, 5.41) is 12.6. The van der Waals surface area contributed by atoms with Gasteiger partial charge in [0.25, 0.3) is 0 Å². The summed E-state index contributed by atoms with van der Waals surface area (Å²) in [5.41, 5.74) is 0.857. The highest BCUT2D eigenvalue weighted by atomic mass is 16.5. The standard InChI is InChI=1S/C13H13N3O2/c1-9(8-14)7-12-15-13(16-18-12)10-3-5-11(17-2)6-4-10/h3-6,9H,7H2,1-2H3. The predicted octanol–water partition coefficient (Wildman–Crippen LogP) is 2.45. The maximum Gasteiger partial charge on any atom is 0.228 e. The van der Waals surface area contributed by atoms with Crippen LogP contribution in [0.2, 0.25) is 0 Å². The van der Waals surface area contributed by atoms with E-state index in [0.29, 0.717) is 18.1 Å². The summed E-state index contributed by atoms with van der Waals surface area (Å²) in [6.07, 6.45) is 0.472. The van der Waals surface area contributed by atoms with E-state index in [2.05, 4.69) is 16.2 Å². The number of ether oxygens (including phenoxy) is 1. The van der Waals surface area contributed by atoms with Crippen LogP contribution in [0.5, 0.6) is 5.75 Å². The van der Waals surface area contributed by atoms with E-state index < -0.39 is 0 Å². The molecule has 0 aliphatic carbocycles. The molecule has 0 aliphatic heterocycles. The van der Waals surface area contributed by atoms with Crippen LogP contribution in [0.15, 0.2) is 28.8 Å². The Balaban J connectivity index is 2.16. The van der Waals surface area contributed by atoms with Crippen molar-refractivity contribution in [3.05, 3.63) is 30.2 Å². The zero-order chi connectivity index (χ0) is 13.0. The maximum atomic E-state index is 8.72. The molecule has 0 spiro atoms. The van der Waals surface area contributed by atoms with E-state index in [0.717, 1.165) is 11.3 Å². The molecule has 1 heterocycles. The third-order valence-electron chi connectivity index (χ3n) is 2.52. The fraction of sp³-hybridized carbons (Fsp3) is 0.308. The van der Waals surface area contributed by atoms with E-state index in [-0.39, 0.29) is 5.92 Å². The molecule has 1 unspecified atom stereocenters. The van der Waals surface area contributed by atoms with Gasteiger partial charge in [0.2, 0.25) is 11.7 Å². The van der Waals surface area contributed by atoms with Gasteiger partial charge in [0.05, 0.1) is 19.1 Å². The van der Waals surface area contributed by atoms with E-state index in [1.165, 1.54) is 0 Å². The molecule has 5 heteroatoms. The minimum atomic E-state index is -0.130. The molecule has 18 heavy (non-hydrogen) atoms. The van der Waals surface area contributed by atoms with Crippen molar-refractivity contribution in [1.82, 2.24) is 10.1 Å². The van der Waals surface area contributed by atoms with Crippen molar-refractivity contribution in [2.75, 3.05) is 7.11 Å². The van der Waals surface area contributed by atoms with E-state index in [1.54, 1.807) is 7.11 Å². The van der Waals surface area contributed by atoms with Crippen molar-refractivity contribution in [2.24, 2.45) is 5.92 Å². The molecule has 0 aliphatic rings. The topological polar surface area (TPSA) is 71.9 Å². The molecular formula is C13H13N3O2. The normalized spacial score (nSPS) is 11.8. The molecule has 1 aromatic heterocycles. The number of methoxy groups -OCH3 is 1. The largest absolute Gasteiger partial charge is 0.497 e. The second-order valence-electron chi connectivity index (χ2n) is 3.97. The Kier molecular flexibility index (Phi) is 3.58. The van der Waals surface area contributed by atoms with Gasteiger partial charge in [-0.15, -0.1) is 0 Å². The van der Waals surface area contributed by atoms with E-state index in [4.69, 9.17) is 14.5 Å². The summed E-state index contributed by atoms with van der Waals surface area (Å²) in [5.74, 6) is 1.65. The molecular weight excluding hydrogens is 230 g/mol. The molecule has 0 bridgehead atoms. The summed E-state index contributed by atoms with van der Waals surface area (Å²) in [6, 6.07) is 9.53. The molecule has 0 saturated carbocycles. The number of rotatable bonds is 4. The van der Waals surface area contributed by atoms with Gasteiger partial charge in [0.1, 0.15) is 5.75 Å². The number of nitrogens with zero attached hydrogens (tertiary/aromatic N) is 3. The van der Waals surface area contributed by atoms with Gasteiger partial charge < -0.3 is 9.26 Å². The first-order chi connectivity index (χ1) is 8.72. The second-order valence-corrected chi connectivity index (χ2v) is 3.97. The first kappa shape index (κ1) is 12.1. The first-order valence-corrected chi connectivity index (χ1v) is 5.59. The summed E-state index contributed by atoms with van der Waals surface area (Å²) in [7, 11) is 1.62. The highest BCUT2D eigenvalue weighted by Gasteiger charge is 2.11. The third-order valence-corrected chi connectivity index (χ3v) is 2.52. The van der Waals surface area contributed by atoms with Crippen molar-refractivity contribution in [2.45, 2.75) is 13.3 Å². The molecule has 0 amide bonds. The SMILES string of the molecule is COc1ccc(-c2noc(CC(C)C#N)n2)cc1. The molecule has 5 nitrogen and oxygen atoms in total. The molecule has 2 rings (SSSR count). The number of aromatic nitrogens is 2. The fourth-order valence-electron chi connectivity index (χ4n) is 1.50. The van der Waals surface area contributed by atoms with Crippen LogP contribution in [0.3, 0.4) is 0 Å². The average molecular weight is 243 g/mol. The van der Waals surface area contributed by atoms with Gasteiger partial charge in [0.15, 0.2) is 0 Å². The van der Waals surface area contributed by atoms with Crippen molar-refractivity contribution < 1.29 is 9.26 Å². The Morgan fingerprint density at radius 2 is 2.11 bits per heavy atom.